The normalized spacial score (nSPS) is 23.1. The molecule has 104 valence electrons. The van der Waals surface area contributed by atoms with Gasteiger partial charge >= 0.3 is 0 Å². The van der Waals surface area contributed by atoms with Crippen LogP contribution >= 0.6 is 0 Å². The number of nitrogens with one attached hydrogen (secondary N) is 2. The largest absolute Gasteiger partial charge is 0.396 e. The van der Waals surface area contributed by atoms with Gasteiger partial charge in [0.25, 0.3) is 0 Å². The second-order valence-electron chi connectivity index (χ2n) is 5.24. The maximum atomic E-state index is 12.1. The summed E-state index contributed by atoms with van der Waals surface area (Å²) in [7, 11) is 0. The number of benzene rings is 1. The fraction of sp³-hybridized carbons (Fsp3) is 0.533. The molecule has 0 spiro atoms. The second kappa shape index (κ2) is 6.68. The lowest BCUT2D eigenvalue weighted by molar-refractivity contribution is -0.120. The third-order valence-electron chi connectivity index (χ3n) is 3.62. The van der Waals surface area contributed by atoms with Crippen LogP contribution in [0.5, 0.6) is 0 Å². The molecule has 1 aromatic rings. The Morgan fingerprint density at radius 2 is 2.16 bits per heavy atom. The molecule has 4 heteroatoms. The van der Waals surface area contributed by atoms with Crippen molar-refractivity contribution in [3.8, 4) is 0 Å². The first kappa shape index (κ1) is 14.0. The van der Waals surface area contributed by atoms with Gasteiger partial charge in [-0.3, -0.25) is 4.79 Å². The van der Waals surface area contributed by atoms with E-state index in [4.69, 9.17) is 5.11 Å². The first-order valence-electron chi connectivity index (χ1n) is 6.93. The van der Waals surface area contributed by atoms with Gasteiger partial charge in [0.15, 0.2) is 0 Å². The van der Waals surface area contributed by atoms with Crippen molar-refractivity contribution in [2.75, 3.05) is 18.5 Å². The number of hydrogen-bond donors (Lipinski definition) is 3. The van der Waals surface area contributed by atoms with Crippen LogP contribution in [0.2, 0.25) is 0 Å². The first-order valence-corrected chi connectivity index (χ1v) is 6.93. The molecular weight excluding hydrogens is 240 g/mol. The summed E-state index contributed by atoms with van der Waals surface area (Å²) >= 11 is 0. The van der Waals surface area contributed by atoms with E-state index in [-0.39, 0.29) is 18.4 Å². The van der Waals surface area contributed by atoms with E-state index in [1.54, 1.807) is 0 Å². The molecule has 0 aromatic heterocycles. The standard InChI is InChI=1S/C15H22N2O2/c1-11-10-13(6-8-16-11)15(19)17-14-4-2-12(3-5-14)7-9-18/h2-5,11,13,16,18H,6-10H2,1H3,(H,17,19). The van der Waals surface area contributed by atoms with Crippen LogP contribution < -0.4 is 10.6 Å². The average Bonchev–Trinajstić information content (AvgIpc) is 2.41. The Morgan fingerprint density at radius 1 is 1.42 bits per heavy atom. The van der Waals surface area contributed by atoms with Gasteiger partial charge in [0.05, 0.1) is 0 Å². The maximum absolute atomic E-state index is 12.1. The summed E-state index contributed by atoms with van der Waals surface area (Å²) in [6, 6.07) is 8.09. The number of rotatable bonds is 4. The van der Waals surface area contributed by atoms with Gasteiger partial charge in [0.1, 0.15) is 0 Å². The topological polar surface area (TPSA) is 61.4 Å². The quantitative estimate of drug-likeness (QED) is 0.771. The predicted octanol–water partition coefficient (Wildman–Crippen LogP) is 1.55. The van der Waals surface area contributed by atoms with E-state index >= 15 is 0 Å². The Kier molecular flexibility index (Phi) is 4.93. The molecule has 0 bridgehead atoms. The van der Waals surface area contributed by atoms with E-state index in [1.165, 1.54) is 0 Å². The molecule has 3 N–H and O–H groups in total. The van der Waals surface area contributed by atoms with Gasteiger partial charge in [0.2, 0.25) is 5.91 Å². The number of anilines is 1. The number of aliphatic hydroxyl groups is 1. The van der Waals surface area contributed by atoms with E-state index in [2.05, 4.69) is 17.6 Å². The highest BCUT2D eigenvalue weighted by molar-refractivity contribution is 5.92. The van der Waals surface area contributed by atoms with E-state index in [1.807, 2.05) is 24.3 Å². The van der Waals surface area contributed by atoms with Crippen molar-refractivity contribution in [1.29, 1.82) is 0 Å². The van der Waals surface area contributed by atoms with Crippen LogP contribution in [0.1, 0.15) is 25.3 Å². The summed E-state index contributed by atoms with van der Waals surface area (Å²) in [5.41, 5.74) is 1.91. The van der Waals surface area contributed by atoms with Gasteiger partial charge in [0, 0.05) is 24.3 Å². The zero-order valence-electron chi connectivity index (χ0n) is 11.4. The van der Waals surface area contributed by atoms with Gasteiger partial charge in [-0.25, -0.2) is 0 Å². The van der Waals surface area contributed by atoms with E-state index in [9.17, 15) is 4.79 Å². The number of hydrogen-bond acceptors (Lipinski definition) is 3. The van der Waals surface area contributed by atoms with Crippen molar-refractivity contribution in [2.45, 2.75) is 32.2 Å². The Balaban J connectivity index is 1.90. The average molecular weight is 262 g/mol. The Morgan fingerprint density at radius 3 is 2.79 bits per heavy atom. The minimum absolute atomic E-state index is 0.105. The van der Waals surface area contributed by atoms with Gasteiger partial charge < -0.3 is 15.7 Å². The molecule has 19 heavy (non-hydrogen) atoms. The van der Waals surface area contributed by atoms with Gasteiger partial charge in [-0.05, 0) is 50.4 Å². The molecular formula is C15H22N2O2. The summed E-state index contributed by atoms with van der Waals surface area (Å²) in [6.45, 7) is 3.18. The molecule has 0 saturated carbocycles. The van der Waals surface area contributed by atoms with Crippen molar-refractivity contribution in [2.24, 2.45) is 5.92 Å². The molecule has 1 fully saturated rings. The lowest BCUT2D eigenvalue weighted by Gasteiger charge is -2.27. The monoisotopic (exact) mass is 262 g/mol. The summed E-state index contributed by atoms with van der Waals surface area (Å²) in [6.07, 6.45) is 2.45. The number of carbonyl (C=O) groups excluding carboxylic acids is 1. The molecule has 2 rings (SSSR count). The predicted molar refractivity (Wildman–Crippen MR) is 76.1 cm³/mol. The number of piperidine rings is 1. The zero-order valence-corrected chi connectivity index (χ0v) is 11.4. The fourth-order valence-electron chi connectivity index (χ4n) is 2.50. The Labute approximate surface area is 114 Å². The maximum Gasteiger partial charge on any atom is 0.227 e. The van der Waals surface area contributed by atoms with E-state index in [0.717, 1.165) is 30.6 Å². The van der Waals surface area contributed by atoms with E-state index in [0.29, 0.717) is 12.5 Å². The van der Waals surface area contributed by atoms with Crippen LogP contribution in [-0.2, 0) is 11.2 Å². The molecule has 4 nitrogen and oxygen atoms in total. The third-order valence-corrected chi connectivity index (χ3v) is 3.62. The van der Waals surface area contributed by atoms with Crippen LogP contribution in [0, 0.1) is 5.92 Å². The smallest absolute Gasteiger partial charge is 0.227 e. The summed E-state index contributed by atoms with van der Waals surface area (Å²) < 4.78 is 0. The van der Waals surface area contributed by atoms with E-state index < -0.39 is 0 Å². The molecule has 2 unspecified atom stereocenters. The summed E-state index contributed by atoms with van der Waals surface area (Å²) in [5.74, 6) is 0.219. The van der Waals surface area contributed by atoms with Crippen molar-refractivity contribution in [1.82, 2.24) is 5.32 Å². The zero-order chi connectivity index (χ0) is 13.7. The first-order chi connectivity index (χ1) is 9.19. The van der Waals surface area contributed by atoms with Crippen molar-refractivity contribution in [3.63, 3.8) is 0 Å². The van der Waals surface area contributed by atoms with Crippen molar-refractivity contribution >= 4 is 11.6 Å². The second-order valence-corrected chi connectivity index (χ2v) is 5.24. The number of amides is 1. The van der Waals surface area contributed by atoms with Gasteiger partial charge in [-0.1, -0.05) is 12.1 Å². The lowest BCUT2D eigenvalue weighted by Crippen LogP contribution is -2.40. The Bertz CT molecular complexity index is 417. The molecule has 1 saturated heterocycles. The Hall–Kier alpha value is -1.39. The molecule has 1 heterocycles. The van der Waals surface area contributed by atoms with Crippen LogP contribution in [0.3, 0.4) is 0 Å². The molecule has 1 aromatic carbocycles. The fourth-order valence-corrected chi connectivity index (χ4v) is 2.50. The molecule has 1 amide bonds. The highest BCUT2D eigenvalue weighted by Gasteiger charge is 2.24. The van der Waals surface area contributed by atoms with Crippen LogP contribution in [-0.4, -0.2) is 30.2 Å². The highest BCUT2D eigenvalue weighted by Crippen LogP contribution is 2.19. The molecule has 2 atom stereocenters. The van der Waals surface area contributed by atoms with Crippen molar-refractivity contribution in [3.05, 3.63) is 29.8 Å². The SMILES string of the molecule is CC1CC(C(=O)Nc2ccc(CCO)cc2)CCN1. The molecule has 0 radical (unpaired) electrons. The number of aliphatic hydroxyl groups excluding tert-OH is 1. The van der Waals surface area contributed by atoms with Crippen LogP contribution in [0.4, 0.5) is 5.69 Å². The molecule has 1 aliphatic heterocycles. The minimum Gasteiger partial charge on any atom is -0.396 e. The summed E-state index contributed by atoms with van der Waals surface area (Å²) in [5, 5.41) is 15.2. The molecule has 0 aliphatic carbocycles. The lowest BCUT2D eigenvalue weighted by atomic mass is 9.92. The van der Waals surface area contributed by atoms with Crippen LogP contribution in [0.15, 0.2) is 24.3 Å². The molecule has 1 aliphatic rings. The van der Waals surface area contributed by atoms with Gasteiger partial charge in [-0.15, -0.1) is 0 Å². The van der Waals surface area contributed by atoms with Gasteiger partial charge in [-0.2, -0.15) is 0 Å². The van der Waals surface area contributed by atoms with Crippen molar-refractivity contribution < 1.29 is 9.90 Å². The number of carbonyl (C=O) groups is 1. The summed E-state index contributed by atoms with van der Waals surface area (Å²) in [4.78, 5) is 12.1. The highest BCUT2D eigenvalue weighted by atomic mass is 16.2. The van der Waals surface area contributed by atoms with Crippen LogP contribution in [0.25, 0.3) is 0 Å². The third kappa shape index (κ3) is 4.04. The minimum atomic E-state index is 0.105.